The Morgan fingerprint density at radius 3 is 2.57 bits per heavy atom. The van der Waals surface area contributed by atoms with Gasteiger partial charge in [0.2, 0.25) is 0 Å². The Bertz CT molecular complexity index is 1750. The van der Waals surface area contributed by atoms with Crippen molar-refractivity contribution in [3.8, 4) is 17.2 Å². The Morgan fingerprint density at radius 1 is 1.02 bits per heavy atom. The number of halogens is 3. The fourth-order valence-electron chi connectivity index (χ4n) is 5.34. The van der Waals surface area contributed by atoms with Gasteiger partial charge in [-0.25, -0.2) is 9.37 Å². The van der Waals surface area contributed by atoms with Crippen LogP contribution < -0.4 is 29.7 Å². The Kier molecular flexibility index (Phi) is 6.13. The summed E-state index contributed by atoms with van der Waals surface area (Å²) in [5.41, 5.74) is 0.720. The number of aromatic nitrogens is 1. The van der Waals surface area contributed by atoms with Crippen molar-refractivity contribution in [2.45, 2.75) is 24.8 Å². The number of nitrogens with zero attached hydrogens (tertiary/aromatic N) is 2. The smallest absolute Gasteiger partial charge is 0.496 e. The summed E-state index contributed by atoms with van der Waals surface area (Å²) in [6.07, 6.45) is -2.79. The molecule has 0 spiro atoms. The van der Waals surface area contributed by atoms with Gasteiger partial charge >= 0.3 is 6.29 Å². The van der Waals surface area contributed by atoms with E-state index in [1.54, 1.807) is 12.1 Å². The Labute approximate surface area is 239 Å². The maximum absolute atomic E-state index is 14.3. The van der Waals surface area contributed by atoms with Crippen molar-refractivity contribution in [2.75, 3.05) is 35.9 Å². The first-order chi connectivity index (χ1) is 20.2. The van der Waals surface area contributed by atoms with E-state index in [0.29, 0.717) is 23.4 Å². The number of thiazole rings is 1. The standard InChI is InChI=1S/C28H21F3N4O6S/c1-38-21-7-5-18-24(42-27(34-18)35-15-10-16(35)12-39-11-15)23(21)26(37)33-19-8-13(29)2-4-17(19)25(36)32-14-3-6-20-22(9-14)41-28(30,31)40-20/h2-9,15-16H,10-12H2,1H3,(H,32,36)(H,33,37). The van der Waals surface area contributed by atoms with Gasteiger partial charge in [-0.3, -0.25) is 9.59 Å². The second-order valence-electron chi connectivity index (χ2n) is 9.90. The number of amides is 2. The highest BCUT2D eigenvalue weighted by atomic mass is 32.1. The second kappa shape index (κ2) is 9.77. The lowest BCUT2D eigenvalue weighted by Crippen LogP contribution is -2.64. The summed E-state index contributed by atoms with van der Waals surface area (Å²) in [6.45, 7) is 1.23. The summed E-state index contributed by atoms with van der Waals surface area (Å²) in [5.74, 6) is -2.22. The number of fused-ring (bicyclic) bond motifs is 4. The first-order valence-corrected chi connectivity index (χ1v) is 13.7. The van der Waals surface area contributed by atoms with Crippen LogP contribution in [0.1, 0.15) is 27.1 Å². The van der Waals surface area contributed by atoms with E-state index in [0.717, 1.165) is 23.7 Å². The van der Waals surface area contributed by atoms with Crippen LogP contribution >= 0.6 is 11.3 Å². The summed E-state index contributed by atoms with van der Waals surface area (Å²) >= 11 is 1.35. The topological polar surface area (TPSA) is 111 Å². The van der Waals surface area contributed by atoms with Gasteiger partial charge in [0.25, 0.3) is 11.8 Å². The molecule has 3 aliphatic heterocycles. The first kappa shape index (κ1) is 26.3. The van der Waals surface area contributed by atoms with Crippen LogP contribution in [0.3, 0.4) is 0 Å². The van der Waals surface area contributed by atoms with Crippen molar-refractivity contribution >= 4 is 49.9 Å². The average Bonchev–Trinajstić information content (AvgIpc) is 3.50. The monoisotopic (exact) mass is 598 g/mol. The molecule has 2 amide bonds. The molecular formula is C28H21F3N4O6S. The molecule has 3 aliphatic rings. The van der Waals surface area contributed by atoms with Crippen LogP contribution in [0, 0.1) is 5.82 Å². The molecule has 2 atom stereocenters. The first-order valence-electron chi connectivity index (χ1n) is 12.8. The zero-order chi connectivity index (χ0) is 29.2. The van der Waals surface area contributed by atoms with Gasteiger partial charge in [-0.2, -0.15) is 0 Å². The third-order valence-corrected chi connectivity index (χ3v) is 8.36. The van der Waals surface area contributed by atoms with E-state index in [9.17, 15) is 22.8 Å². The molecule has 10 nitrogen and oxygen atoms in total. The number of methoxy groups -OCH3 is 1. The molecule has 3 aromatic carbocycles. The summed E-state index contributed by atoms with van der Waals surface area (Å²) in [6, 6.07) is 10.9. The van der Waals surface area contributed by atoms with Crippen LogP contribution in [-0.4, -0.2) is 55.5 Å². The minimum atomic E-state index is -3.81. The molecule has 4 heterocycles. The normalized spacial score (nSPS) is 19.8. The lowest BCUT2D eigenvalue weighted by atomic mass is 9.92. The van der Waals surface area contributed by atoms with Crippen LogP contribution in [0.4, 0.5) is 29.7 Å². The fraction of sp³-hybridized carbons (Fsp3) is 0.250. The minimum absolute atomic E-state index is 0.0720. The quantitative estimate of drug-likeness (QED) is 0.310. The summed E-state index contributed by atoms with van der Waals surface area (Å²) in [5, 5.41) is 5.96. The molecule has 2 unspecified atom stereocenters. The number of carbonyl (C=O) groups excluding carboxylic acids is 2. The predicted octanol–water partition coefficient (Wildman–Crippen LogP) is 5.25. The van der Waals surface area contributed by atoms with Crippen molar-refractivity contribution in [2.24, 2.45) is 0 Å². The van der Waals surface area contributed by atoms with Gasteiger partial charge in [-0.05, 0) is 48.9 Å². The number of anilines is 3. The Balaban J connectivity index is 1.17. The molecule has 216 valence electrons. The van der Waals surface area contributed by atoms with E-state index in [1.165, 1.54) is 42.7 Å². The minimum Gasteiger partial charge on any atom is -0.496 e. The third-order valence-electron chi connectivity index (χ3n) is 7.26. The number of hydrogen-bond acceptors (Lipinski definition) is 9. The number of benzene rings is 3. The lowest BCUT2D eigenvalue weighted by Gasteiger charge is -2.52. The molecule has 0 radical (unpaired) electrons. The Hall–Kier alpha value is -4.56. The largest absolute Gasteiger partial charge is 0.586 e. The number of alkyl halides is 2. The SMILES string of the molecule is COc1ccc2nc(N3C4COCC3C4)sc2c1C(=O)Nc1cc(F)ccc1C(=O)Nc1ccc2c(c1)OC(F)(F)O2. The van der Waals surface area contributed by atoms with Crippen LogP contribution in [0.2, 0.25) is 0 Å². The number of morpholine rings is 1. The van der Waals surface area contributed by atoms with Gasteiger partial charge in [0.05, 0.1) is 53.9 Å². The molecule has 2 bridgehead atoms. The lowest BCUT2D eigenvalue weighted by molar-refractivity contribution is -0.286. The van der Waals surface area contributed by atoms with Crippen LogP contribution in [-0.2, 0) is 4.74 Å². The zero-order valence-electron chi connectivity index (χ0n) is 21.8. The highest BCUT2D eigenvalue weighted by molar-refractivity contribution is 7.22. The molecule has 2 saturated heterocycles. The third kappa shape index (κ3) is 4.52. The van der Waals surface area contributed by atoms with Crippen molar-refractivity contribution in [3.63, 3.8) is 0 Å². The number of nitrogens with one attached hydrogen (secondary N) is 2. The van der Waals surface area contributed by atoms with Crippen molar-refractivity contribution in [3.05, 3.63) is 65.5 Å². The number of rotatable bonds is 6. The molecule has 42 heavy (non-hydrogen) atoms. The van der Waals surface area contributed by atoms with Gasteiger partial charge in [0, 0.05) is 11.8 Å². The second-order valence-corrected chi connectivity index (χ2v) is 10.9. The van der Waals surface area contributed by atoms with E-state index in [1.807, 2.05) is 0 Å². The molecule has 7 rings (SSSR count). The number of carbonyl (C=O) groups is 2. The van der Waals surface area contributed by atoms with Gasteiger partial charge in [0.1, 0.15) is 17.1 Å². The maximum atomic E-state index is 14.3. The van der Waals surface area contributed by atoms with E-state index in [-0.39, 0.29) is 51.8 Å². The van der Waals surface area contributed by atoms with Gasteiger partial charge in [-0.1, -0.05) is 11.3 Å². The molecule has 14 heteroatoms. The molecule has 0 aliphatic carbocycles. The summed E-state index contributed by atoms with van der Waals surface area (Å²) in [7, 11) is 1.43. The molecule has 1 aromatic heterocycles. The van der Waals surface area contributed by atoms with Crippen molar-refractivity contribution in [1.29, 1.82) is 0 Å². The number of ether oxygens (including phenoxy) is 4. The predicted molar refractivity (Wildman–Crippen MR) is 147 cm³/mol. The van der Waals surface area contributed by atoms with E-state index in [2.05, 4.69) is 25.0 Å². The fourth-order valence-corrected chi connectivity index (χ4v) is 6.58. The number of hydrogen-bond donors (Lipinski definition) is 2. The van der Waals surface area contributed by atoms with Gasteiger partial charge in [0.15, 0.2) is 16.6 Å². The van der Waals surface area contributed by atoms with E-state index in [4.69, 9.17) is 14.5 Å². The molecular weight excluding hydrogens is 577 g/mol. The summed E-state index contributed by atoms with van der Waals surface area (Å²) in [4.78, 5) is 33.8. The zero-order valence-corrected chi connectivity index (χ0v) is 22.6. The molecule has 4 aromatic rings. The summed E-state index contributed by atoms with van der Waals surface area (Å²) < 4.78 is 61.5. The molecule has 2 N–H and O–H groups in total. The highest BCUT2D eigenvalue weighted by Gasteiger charge is 2.44. The van der Waals surface area contributed by atoms with Crippen molar-refractivity contribution < 1.29 is 41.7 Å². The van der Waals surface area contributed by atoms with Crippen LogP contribution in [0.25, 0.3) is 10.2 Å². The average molecular weight is 599 g/mol. The van der Waals surface area contributed by atoms with Gasteiger partial charge < -0.3 is 34.5 Å². The van der Waals surface area contributed by atoms with Crippen molar-refractivity contribution in [1.82, 2.24) is 4.98 Å². The van der Waals surface area contributed by atoms with E-state index < -0.39 is 23.9 Å². The van der Waals surface area contributed by atoms with E-state index >= 15 is 0 Å². The van der Waals surface area contributed by atoms with Crippen LogP contribution in [0.5, 0.6) is 17.2 Å². The Morgan fingerprint density at radius 2 is 1.81 bits per heavy atom. The van der Waals surface area contributed by atoms with Crippen LogP contribution in [0.15, 0.2) is 48.5 Å². The maximum Gasteiger partial charge on any atom is 0.586 e. The molecule has 2 fully saturated rings. The van der Waals surface area contributed by atoms with Gasteiger partial charge in [-0.15, -0.1) is 8.78 Å². The highest BCUT2D eigenvalue weighted by Crippen LogP contribution is 2.44. The molecule has 0 saturated carbocycles.